The molecule has 0 amide bonds. The summed E-state index contributed by atoms with van der Waals surface area (Å²) in [5.41, 5.74) is 3.65. The van der Waals surface area contributed by atoms with Gasteiger partial charge in [-0.25, -0.2) is 13.2 Å². The second-order valence-electron chi connectivity index (χ2n) is 8.15. The quantitative estimate of drug-likeness (QED) is 0.219. The first-order valence-electron chi connectivity index (χ1n) is 11.3. The van der Waals surface area contributed by atoms with E-state index in [1.165, 1.54) is 12.1 Å². The van der Waals surface area contributed by atoms with E-state index in [1.54, 1.807) is 24.3 Å². The average Bonchev–Trinajstić information content (AvgIpc) is 2.85. The number of aryl methyl sites for hydroxylation is 1. The van der Waals surface area contributed by atoms with Crippen LogP contribution in [0.15, 0.2) is 72.8 Å². The van der Waals surface area contributed by atoms with Crippen molar-refractivity contribution in [3.63, 3.8) is 0 Å². The molecule has 0 radical (unpaired) electrons. The van der Waals surface area contributed by atoms with E-state index < -0.39 is 11.6 Å². The average molecular weight is 453 g/mol. The van der Waals surface area contributed by atoms with Crippen molar-refractivity contribution >= 4 is 10.8 Å². The lowest BCUT2D eigenvalue weighted by molar-refractivity contribution is 0.517. The van der Waals surface area contributed by atoms with Crippen molar-refractivity contribution in [1.29, 1.82) is 0 Å². The Labute approximate surface area is 198 Å². The lowest BCUT2D eigenvalue weighted by atomic mass is 10.0. The molecule has 34 heavy (non-hydrogen) atoms. The molecule has 4 rings (SSSR count). The summed E-state index contributed by atoms with van der Waals surface area (Å²) in [4.78, 5) is 0. The highest BCUT2D eigenvalue weighted by Gasteiger charge is 2.06. The van der Waals surface area contributed by atoms with Crippen LogP contribution in [-0.4, -0.2) is 0 Å². The minimum Gasteiger partial charge on any atom is -0.206 e. The molecule has 0 heterocycles. The normalized spacial score (nSPS) is 10.4. The largest absolute Gasteiger partial charge is 0.206 e. The molecular weight excluding hydrogens is 429 g/mol. The van der Waals surface area contributed by atoms with Crippen molar-refractivity contribution in [3.05, 3.63) is 118 Å². The summed E-state index contributed by atoms with van der Waals surface area (Å²) in [5.74, 6) is 10.0. The van der Waals surface area contributed by atoms with Gasteiger partial charge >= 0.3 is 0 Å². The smallest absolute Gasteiger partial charge is 0.166 e. The van der Waals surface area contributed by atoms with Crippen LogP contribution in [0.5, 0.6) is 0 Å². The SMILES string of the molecule is CCCCCc1ccc(C#Cc2ccc(C#Cc3ccc4c(F)c(F)ccc4c3)cc2)c(F)c1. The molecule has 0 saturated heterocycles. The maximum atomic E-state index is 14.4. The highest BCUT2D eigenvalue weighted by molar-refractivity contribution is 5.84. The molecule has 0 aliphatic rings. The Morgan fingerprint density at radius 3 is 2.00 bits per heavy atom. The van der Waals surface area contributed by atoms with Gasteiger partial charge in [-0.15, -0.1) is 0 Å². The number of rotatable bonds is 4. The van der Waals surface area contributed by atoms with Crippen molar-refractivity contribution in [2.24, 2.45) is 0 Å². The van der Waals surface area contributed by atoms with E-state index in [2.05, 4.69) is 30.6 Å². The Kier molecular flexibility index (Phi) is 7.36. The second-order valence-corrected chi connectivity index (χ2v) is 8.15. The first kappa shape index (κ1) is 23.2. The van der Waals surface area contributed by atoms with Gasteiger partial charge in [-0.1, -0.05) is 61.6 Å². The predicted molar refractivity (Wildman–Crippen MR) is 132 cm³/mol. The van der Waals surface area contributed by atoms with Crippen LogP contribution in [0.2, 0.25) is 0 Å². The van der Waals surface area contributed by atoms with Gasteiger partial charge in [0, 0.05) is 22.1 Å². The van der Waals surface area contributed by atoms with Gasteiger partial charge in [0.1, 0.15) is 5.82 Å². The number of unbranched alkanes of at least 4 members (excludes halogenated alkanes) is 2. The lowest BCUT2D eigenvalue weighted by Crippen LogP contribution is -1.90. The lowest BCUT2D eigenvalue weighted by Gasteiger charge is -2.02. The molecular formula is C31H23F3. The predicted octanol–water partition coefficient (Wildman–Crippen LogP) is 7.79. The standard InChI is InChI=1S/C31H23F3/c1-2-3-4-5-24-13-16-26(30(33)21-24)15-12-23-8-6-22(7-9-23)10-11-25-14-18-28-27(20-25)17-19-29(32)31(28)34/h6-9,13-14,16-21H,2-5H2,1H3. The molecule has 0 aliphatic carbocycles. The first-order valence-corrected chi connectivity index (χ1v) is 11.3. The zero-order valence-electron chi connectivity index (χ0n) is 18.9. The van der Waals surface area contributed by atoms with E-state index in [1.807, 2.05) is 30.3 Å². The van der Waals surface area contributed by atoms with Gasteiger partial charge in [-0.2, -0.15) is 0 Å². The van der Waals surface area contributed by atoms with E-state index in [0.717, 1.165) is 48.4 Å². The maximum absolute atomic E-state index is 14.4. The van der Waals surface area contributed by atoms with Gasteiger partial charge in [0.25, 0.3) is 0 Å². The van der Waals surface area contributed by atoms with E-state index >= 15 is 0 Å². The van der Waals surface area contributed by atoms with Gasteiger partial charge in [0.05, 0.1) is 5.56 Å². The summed E-state index contributed by atoms with van der Waals surface area (Å²) >= 11 is 0. The fraction of sp³-hybridized carbons (Fsp3) is 0.161. The molecule has 0 N–H and O–H groups in total. The van der Waals surface area contributed by atoms with Crippen LogP contribution in [0.1, 0.15) is 54.0 Å². The van der Waals surface area contributed by atoms with Crippen LogP contribution < -0.4 is 0 Å². The van der Waals surface area contributed by atoms with Gasteiger partial charge in [0.2, 0.25) is 0 Å². The van der Waals surface area contributed by atoms with Gasteiger partial charge in [-0.3, -0.25) is 0 Å². The van der Waals surface area contributed by atoms with Gasteiger partial charge in [-0.05, 0) is 78.4 Å². The van der Waals surface area contributed by atoms with Gasteiger partial charge in [0.15, 0.2) is 11.6 Å². The van der Waals surface area contributed by atoms with Crippen molar-refractivity contribution < 1.29 is 13.2 Å². The molecule has 168 valence electrons. The Morgan fingerprint density at radius 1 is 0.618 bits per heavy atom. The summed E-state index contributed by atoms with van der Waals surface area (Å²) in [6, 6.07) is 20.2. The van der Waals surface area contributed by atoms with Crippen LogP contribution in [0, 0.1) is 41.1 Å². The summed E-state index contributed by atoms with van der Waals surface area (Å²) in [5, 5.41) is 0.827. The third-order valence-electron chi connectivity index (χ3n) is 5.59. The topological polar surface area (TPSA) is 0 Å². The molecule has 0 aliphatic heterocycles. The molecule has 3 heteroatoms. The summed E-state index contributed by atoms with van der Waals surface area (Å²) in [7, 11) is 0. The van der Waals surface area contributed by atoms with Crippen LogP contribution in [0.25, 0.3) is 10.8 Å². The fourth-order valence-corrected chi connectivity index (χ4v) is 3.66. The Morgan fingerprint density at radius 2 is 1.29 bits per heavy atom. The van der Waals surface area contributed by atoms with E-state index in [4.69, 9.17) is 0 Å². The third kappa shape index (κ3) is 5.69. The summed E-state index contributed by atoms with van der Waals surface area (Å²) in [6.07, 6.45) is 4.24. The summed E-state index contributed by atoms with van der Waals surface area (Å²) in [6.45, 7) is 2.15. The minimum absolute atomic E-state index is 0.232. The van der Waals surface area contributed by atoms with Crippen molar-refractivity contribution in [1.82, 2.24) is 0 Å². The van der Waals surface area contributed by atoms with Crippen LogP contribution in [0.4, 0.5) is 13.2 Å². The number of hydrogen-bond acceptors (Lipinski definition) is 0. The Hall–Kier alpha value is -3.95. The number of hydrogen-bond donors (Lipinski definition) is 0. The fourth-order valence-electron chi connectivity index (χ4n) is 3.66. The molecule has 0 bridgehead atoms. The minimum atomic E-state index is -0.864. The molecule has 0 aromatic heterocycles. The van der Waals surface area contributed by atoms with Crippen molar-refractivity contribution in [2.45, 2.75) is 32.6 Å². The molecule has 0 saturated carbocycles. The number of benzene rings is 4. The zero-order chi connectivity index (χ0) is 23.9. The van der Waals surface area contributed by atoms with Crippen LogP contribution >= 0.6 is 0 Å². The monoisotopic (exact) mass is 452 g/mol. The first-order chi connectivity index (χ1) is 16.5. The van der Waals surface area contributed by atoms with Crippen LogP contribution in [-0.2, 0) is 6.42 Å². The number of fused-ring (bicyclic) bond motifs is 1. The highest BCUT2D eigenvalue weighted by atomic mass is 19.2. The van der Waals surface area contributed by atoms with Gasteiger partial charge < -0.3 is 0 Å². The van der Waals surface area contributed by atoms with Crippen LogP contribution in [0.3, 0.4) is 0 Å². The molecule has 0 unspecified atom stereocenters. The molecule has 4 aromatic carbocycles. The van der Waals surface area contributed by atoms with E-state index in [-0.39, 0.29) is 11.2 Å². The highest BCUT2D eigenvalue weighted by Crippen LogP contribution is 2.21. The molecule has 4 aromatic rings. The van der Waals surface area contributed by atoms with E-state index in [0.29, 0.717) is 16.5 Å². The number of halogens is 3. The molecule has 0 spiro atoms. The third-order valence-corrected chi connectivity index (χ3v) is 5.59. The van der Waals surface area contributed by atoms with E-state index in [9.17, 15) is 13.2 Å². The zero-order valence-corrected chi connectivity index (χ0v) is 18.9. The van der Waals surface area contributed by atoms with Crippen molar-refractivity contribution in [3.8, 4) is 23.7 Å². The second kappa shape index (κ2) is 10.8. The molecule has 0 fully saturated rings. The Bertz CT molecular complexity index is 1440. The van der Waals surface area contributed by atoms with Crippen molar-refractivity contribution in [2.75, 3.05) is 0 Å². The summed E-state index contributed by atoms with van der Waals surface area (Å²) < 4.78 is 41.6. The maximum Gasteiger partial charge on any atom is 0.166 e. The molecule has 0 atom stereocenters. The molecule has 0 nitrogen and oxygen atoms in total. The Balaban J connectivity index is 1.45.